The van der Waals surface area contributed by atoms with Gasteiger partial charge in [0, 0.05) is 19.1 Å². The molecule has 1 unspecified atom stereocenters. The van der Waals surface area contributed by atoms with Crippen molar-refractivity contribution < 1.29 is 9.47 Å². The van der Waals surface area contributed by atoms with Crippen LogP contribution in [0, 0.1) is 11.8 Å². The molecule has 1 atom stereocenters. The third-order valence-corrected chi connectivity index (χ3v) is 3.48. The van der Waals surface area contributed by atoms with E-state index in [2.05, 4.69) is 19.9 Å². The van der Waals surface area contributed by atoms with Gasteiger partial charge >= 0.3 is 0 Å². The molecule has 1 aromatic carbocycles. The van der Waals surface area contributed by atoms with Crippen LogP contribution in [0.15, 0.2) is 24.3 Å². The third kappa shape index (κ3) is 6.31. The van der Waals surface area contributed by atoms with Gasteiger partial charge in [0.1, 0.15) is 5.75 Å². The van der Waals surface area contributed by atoms with Gasteiger partial charge in [0.05, 0.1) is 7.11 Å². The summed E-state index contributed by atoms with van der Waals surface area (Å²) in [5.74, 6) is 2.62. The van der Waals surface area contributed by atoms with E-state index in [1.165, 1.54) is 5.56 Å². The van der Waals surface area contributed by atoms with Gasteiger partial charge in [-0.25, -0.2) is 0 Å². The van der Waals surface area contributed by atoms with Crippen LogP contribution in [-0.4, -0.2) is 26.2 Å². The normalized spacial score (nSPS) is 12.7. The standard InChI is InChI=1S/C16H25ClO2/c1-13(2)12-19-9-8-14(11-17)10-15-6-4-5-7-16(15)18-3/h4-7,13-14H,8-12H2,1-3H3. The lowest BCUT2D eigenvalue weighted by molar-refractivity contribution is 0.0996. The van der Waals surface area contributed by atoms with Crippen molar-refractivity contribution >= 4 is 11.6 Å². The van der Waals surface area contributed by atoms with Crippen LogP contribution in [-0.2, 0) is 11.2 Å². The minimum Gasteiger partial charge on any atom is -0.496 e. The quantitative estimate of drug-likeness (QED) is 0.501. The average molecular weight is 285 g/mol. The summed E-state index contributed by atoms with van der Waals surface area (Å²) in [6.07, 6.45) is 1.94. The van der Waals surface area contributed by atoms with Crippen molar-refractivity contribution in [2.24, 2.45) is 11.8 Å². The molecule has 0 spiro atoms. The van der Waals surface area contributed by atoms with Crippen molar-refractivity contribution in [1.82, 2.24) is 0 Å². The van der Waals surface area contributed by atoms with E-state index in [-0.39, 0.29) is 0 Å². The first-order valence-electron chi connectivity index (χ1n) is 6.93. The molecule has 0 saturated carbocycles. The first-order valence-corrected chi connectivity index (χ1v) is 7.46. The minimum atomic E-state index is 0.435. The van der Waals surface area contributed by atoms with Crippen LogP contribution in [0.25, 0.3) is 0 Å². The van der Waals surface area contributed by atoms with Crippen LogP contribution >= 0.6 is 11.6 Å². The number of halogens is 1. The largest absolute Gasteiger partial charge is 0.496 e. The molecule has 0 aliphatic carbocycles. The van der Waals surface area contributed by atoms with Gasteiger partial charge in [-0.05, 0) is 36.3 Å². The molecule has 0 radical (unpaired) electrons. The van der Waals surface area contributed by atoms with Gasteiger partial charge in [-0.15, -0.1) is 11.6 Å². The number of para-hydroxylation sites is 1. The summed E-state index contributed by atoms with van der Waals surface area (Å²) in [5.41, 5.74) is 1.22. The molecule has 0 fully saturated rings. The van der Waals surface area contributed by atoms with E-state index in [1.54, 1.807) is 7.11 Å². The Morgan fingerprint density at radius 1 is 1.21 bits per heavy atom. The van der Waals surface area contributed by atoms with Gasteiger partial charge in [-0.3, -0.25) is 0 Å². The number of methoxy groups -OCH3 is 1. The molecule has 0 N–H and O–H groups in total. The van der Waals surface area contributed by atoms with Crippen molar-refractivity contribution in [3.05, 3.63) is 29.8 Å². The van der Waals surface area contributed by atoms with E-state index < -0.39 is 0 Å². The Labute approximate surface area is 122 Å². The molecule has 3 heteroatoms. The van der Waals surface area contributed by atoms with Crippen molar-refractivity contribution in [1.29, 1.82) is 0 Å². The highest BCUT2D eigenvalue weighted by molar-refractivity contribution is 6.18. The summed E-state index contributed by atoms with van der Waals surface area (Å²) in [5, 5.41) is 0. The second-order valence-electron chi connectivity index (χ2n) is 5.29. The predicted octanol–water partition coefficient (Wildman–Crippen LogP) is 4.16. The van der Waals surface area contributed by atoms with Crippen LogP contribution in [0.3, 0.4) is 0 Å². The fourth-order valence-electron chi connectivity index (χ4n) is 1.99. The Kier molecular flexibility index (Phi) is 7.92. The Bertz CT molecular complexity index is 352. The predicted molar refractivity (Wildman–Crippen MR) is 81.2 cm³/mol. The molecule has 0 aromatic heterocycles. The topological polar surface area (TPSA) is 18.5 Å². The Morgan fingerprint density at radius 3 is 2.58 bits per heavy atom. The van der Waals surface area contributed by atoms with E-state index >= 15 is 0 Å². The van der Waals surface area contributed by atoms with Crippen LogP contribution in [0.2, 0.25) is 0 Å². The van der Waals surface area contributed by atoms with Crippen LogP contribution in [0.5, 0.6) is 5.75 Å². The Morgan fingerprint density at radius 2 is 1.95 bits per heavy atom. The van der Waals surface area contributed by atoms with Crippen molar-refractivity contribution in [3.8, 4) is 5.75 Å². The highest BCUT2D eigenvalue weighted by Gasteiger charge is 2.11. The van der Waals surface area contributed by atoms with E-state index in [1.807, 2.05) is 18.2 Å². The van der Waals surface area contributed by atoms with Gasteiger partial charge in [0.25, 0.3) is 0 Å². The lowest BCUT2D eigenvalue weighted by atomic mass is 9.97. The molecule has 19 heavy (non-hydrogen) atoms. The van der Waals surface area contributed by atoms with Crippen LogP contribution < -0.4 is 4.74 Å². The van der Waals surface area contributed by atoms with Crippen molar-refractivity contribution in [2.45, 2.75) is 26.7 Å². The molecule has 1 aromatic rings. The van der Waals surface area contributed by atoms with Crippen LogP contribution in [0.1, 0.15) is 25.8 Å². The molecule has 108 valence electrons. The maximum atomic E-state index is 6.06. The van der Waals surface area contributed by atoms with Crippen molar-refractivity contribution in [2.75, 3.05) is 26.2 Å². The monoisotopic (exact) mass is 284 g/mol. The Hall–Kier alpha value is -0.730. The fourth-order valence-corrected chi connectivity index (χ4v) is 2.25. The zero-order valence-electron chi connectivity index (χ0n) is 12.2. The van der Waals surface area contributed by atoms with E-state index in [4.69, 9.17) is 21.1 Å². The van der Waals surface area contributed by atoms with E-state index in [0.717, 1.165) is 31.8 Å². The zero-order valence-corrected chi connectivity index (χ0v) is 13.0. The van der Waals surface area contributed by atoms with Gasteiger partial charge in [-0.2, -0.15) is 0 Å². The highest BCUT2D eigenvalue weighted by Crippen LogP contribution is 2.23. The number of hydrogen-bond acceptors (Lipinski definition) is 2. The van der Waals surface area contributed by atoms with Crippen molar-refractivity contribution in [3.63, 3.8) is 0 Å². The summed E-state index contributed by atoms with van der Waals surface area (Å²) >= 11 is 6.06. The SMILES string of the molecule is COc1ccccc1CC(CCl)CCOCC(C)C. The maximum absolute atomic E-state index is 6.06. The lowest BCUT2D eigenvalue weighted by Gasteiger charge is -2.16. The number of rotatable bonds is 9. The number of benzene rings is 1. The van der Waals surface area contributed by atoms with Gasteiger partial charge in [0.15, 0.2) is 0 Å². The lowest BCUT2D eigenvalue weighted by Crippen LogP contribution is -2.12. The number of hydrogen-bond donors (Lipinski definition) is 0. The summed E-state index contributed by atoms with van der Waals surface area (Å²) in [6, 6.07) is 8.13. The molecule has 2 nitrogen and oxygen atoms in total. The molecule has 0 saturated heterocycles. The third-order valence-electron chi connectivity index (χ3n) is 3.04. The van der Waals surface area contributed by atoms with Gasteiger partial charge in [0.2, 0.25) is 0 Å². The molecule has 0 aliphatic heterocycles. The molecule has 0 amide bonds. The molecule has 0 heterocycles. The van der Waals surface area contributed by atoms with Crippen LogP contribution in [0.4, 0.5) is 0 Å². The summed E-state index contributed by atoms with van der Waals surface area (Å²) in [6.45, 7) is 5.93. The van der Waals surface area contributed by atoms with E-state index in [9.17, 15) is 0 Å². The average Bonchev–Trinajstić information content (AvgIpc) is 2.42. The molecule has 1 rings (SSSR count). The Balaban J connectivity index is 2.43. The van der Waals surface area contributed by atoms with Gasteiger partial charge < -0.3 is 9.47 Å². The maximum Gasteiger partial charge on any atom is 0.122 e. The van der Waals surface area contributed by atoms with E-state index in [0.29, 0.717) is 17.7 Å². The fraction of sp³-hybridized carbons (Fsp3) is 0.625. The second-order valence-corrected chi connectivity index (χ2v) is 5.60. The molecular formula is C16H25ClO2. The smallest absolute Gasteiger partial charge is 0.122 e. The summed E-state index contributed by atoms with van der Waals surface area (Å²) < 4.78 is 11.0. The molecule has 0 bridgehead atoms. The summed E-state index contributed by atoms with van der Waals surface area (Å²) in [7, 11) is 1.71. The molecular weight excluding hydrogens is 260 g/mol. The number of alkyl halides is 1. The summed E-state index contributed by atoms with van der Waals surface area (Å²) in [4.78, 5) is 0. The number of ether oxygens (including phenoxy) is 2. The highest BCUT2D eigenvalue weighted by atomic mass is 35.5. The first-order chi connectivity index (χ1) is 9.17. The van der Waals surface area contributed by atoms with Gasteiger partial charge in [-0.1, -0.05) is 32.0 Å². The zero-order chi connectivity index (χ0) is 14.1. The first kappa shape index (κ1) is 16.3. The second kappa shape index (κ2) is 9.22. The molecule has 0 aliphatic rings. The minimum absolute atomic E-state index is 0.435.